The van der Waals surface area contributed by atoms with Crippen molar-refractivity contribution in [3.63, 3.8) is 0 Å². The minimum absolute atomic E-state index is 0.312. The predicted molar refractivity (Wildman–Crippen MR) is 42.5 cm³/mol. The molecule has 0 atom stereocenters. The minimum Gasteiger partial charge on any atom is -0.377 e. The lowest BCUT2D eigenvalue weighted by Crippen LogP contribution is -2.00. The van der Waals surface area contributed by atoms with Crippen LogP contribution in [0.2, 0.25) is 0 Å². The molecule has 62 valence electrons. The van der Waals surface area contributed by atoms with Gasteiger partial charge >= 0.3 is 5.56 Å². The van der Waals surface area contributed by atoms with Crippen molar-refractivity contribution in [3.8, 4) is 0 Å². The molecule has 0 aliphatic heterocycles. The van der Waals surface area contributed by atoms with Crippen molar-refractivity contribution in [2.24, 2.45) is 5.73 Å². The van der Waals surface area contributed by atoms with E-state index >= 15 is 0 Å². The van der Waals surface area contributed by atoms with E-state index in [1.54, 1.807) is 12.3 Å². The monoisotopic (exact) mass is 165 g/mol. The number of H-pyrrole nitrogens is 1. The highest BCUT2D eigenvalue weighted by atomic mass is 16.5. The highest BCUT2D eigenvalue weighted by Gasteiger charge is 2.03. The minimum atomic E-state index is -0.312. The van der Waals surface area contributed by atoms with E-state index in [1.165, 1.54) is 0 Å². The van der Waals surface area contributed by atoms with Crippen molar-refractivity contribution < 1.29 is 4.52 Å². The van der Waals surface area contributed by atoms with Crippen LogP contribution in [-0.2, 0) is 6.54 Å². The van der Waals surface area contributed by atoms with Crippen LogP contribution in [0.25, 0.3) is 11.1 Å². The van der Waals surface area contributed by atoms with Gasteiger partial charge in [-0.25, -0.2) is 4.98 Å². The lowest BCUT2D eigenvalue weighted by Gasteiger charge is -1.91. The molecule has 0 saturated heterocycles. The van der Waals surface area contributed by atoms with Crippen LogP contribution >= 0.6 is 0 Å². The van der Waals surface area contributed by atoms with Crippen LogP contribution in [0.5, 0.6) is 0 Å². The number of pyridine rings is 1. The summed E-state index contributed by atoms with van der Waals surface area (Å²) >= 11 is 0. The molecule has 0 amide bonds. The Kier molecular flexibility index (Phi) is 1.44. The Balaban J connectivity index is 2.77. The molecule has 0 saturated carbocycles. The number of hydrogen-bond donors (Lipinski definition) is 2. The summed E-state index contributed by atoms with van der Waals surface area (Å²) < 4.78 is 4.84. The van der Waals surface area contributed by atoms with Crippen LogP contribution in [0, 0.1) is 0 Å². The van der Waals surface area contributed by atoms with E-state index in [2.05, 4.69) is 10.1 Å². The molecule has 0 aliphatic rings. The van der Waals surface area contributed by atoms with Gasteiger partial charge in [-0.05, 0) is 11.6 Å². The van der Waals surface area contributed by atoms with E-state index in [0.29, 0.717) is 17.6 Å². The zero-order valence-electron chi connectivity index (χ0n) is 6.20. The molecule has 0 aliphatic carbocycles. The molecule has 2 aromatic heterocycles. The van der Waals surface area contributed by atoms with Crippen LogP contribution in [0.3, 0.4) is 0 Å². The van der Waals surface area contributed by atoms with Gasteiger partial charge in [-0.3, -0.25) is 4.79 Å². The molecule has 12 heavy (non-hydrogen) atoms. The first-order valence-corrected chi connectivity index (χ1v) is 3.47. The standard InChI is InChI=1S/C7H7N3O2/c8-2-4-1-5-6(9-3-4)7(11)10-12-5/h1,3H,2,8H2,(H,10,11). The summed E-state index contributed by atoms with van der Waals surface area (Å²) in [6, 6.07) is 1.69. The van der Waals surface area contributed by atoms with E-state index < -0.39 is 0 Å². The molecule has 0 bridgehead atoms. The maximum atomic E-state index is 10.9. The second-order valence-electron chi connectivity index (χ2n) is 2.43. The molecule has 5 nitrogen and oxygen atoms in total. The molecular formula is C7H7N3O2. The summed E-state index contributed by atoms with van der Waals surface area (Å²) in [4.78, 5) is 14.8. The Morgan fingerprint density at radius 3 is 3.25 bits per heavy atom. The first-order valence-electron chi connectivity index (χ1n) is 3.47. The molecule has 2 rings (SSSR count). The molecule has 5 heteroatoms. The molecule has 2 heterocycles. The van der Waals surface area contributed by atoms with E-state index in [-0.39, 0.29) is 5.56 Å². The Morgan fingerprint density at radius 2 is 2.50 bits per heavy atom. The van der Waals surface area contributed by atoms with Gasteiger partial charge in [0.25, 0.3) is 0 Å². The topological polar surface area (TPSA) is 84.9 Å². The van der Waals surface area contributed by atoms with Crippen molar-refractivity contribution in [2.75, 3.05) is 0 Å². The van der Waals surface area contributed by atoms with Gasteiger partial charge in [-0.2, -0.15) is 5.16 Å². The second-order valence-corrected chi connectivity index (χ2v) is 2.43. The summed E-state index contributed by atoms with van der Waals surface area (Å²) in [5, 5.41) is 2.19. The van der Waals surface area contributed by atoms with Crippen LogP contribution in [0.15, 0.2) is 21.6 Å². The number of nitrogens with zero attached hydrogens (tertiary/aromatic N) is 1. The second kappa shape index (κ2) is 2.46. The fraction of sp³-hybridized carbons (Fsp3) is 0.143. The third-order valence-corrected chi connectivity index (χ3v) is 1.61. The average Bonchev–Trinajstić information content (AvgIpc) is 2.47. The Morgan fingerprint density at radius 1 is 1.67 bits per heavy atom. The molecule has 0 aromatic carbocycles. The van der Waals surface area contributed by atoms with Crippen molar-refractivity contribution in [1.29, 1.82) is 0 Å². The van der Waals surface area contributed by atoms with Crippen LogP contribution in [0.1, 0.15) is 5.56 Å². The van der Waals surface area contributed by atoms with Gasteiger partial charge in [-0.15, -0.1) is 0 Å². The van der Waals surface area contributed by atoms with Gasteiger partial charge in [-0.1, -0.05) is 0 Å². The summed E-state index contributed by atoms with van der Waals surface area (Å²) in [6.45, 7) is 0.387. The van der Waals surface area contributed by atoms with Gasteiger partial charge in [0.15, 0.2) is 11.1 Å². The third kappa shape index (κ3) is 0.911. The molecule has 0 unspecified atom stereocenters. The maximum absolute atomic E-state index is 10.9. The lowest BCUT2D eigenvalue weighted by atomic mass is 10.3. The normalized spacial score (nSPS) is 10.8. The van der Waals surface area contributed by atoms with E-state index in [9.17, 15) is 4.79 Å². The fourth-order valence-corrected chi connectivity index (χ4v) is 0.995. The van der Waals surface area contributed by atoms with Gasteiger partial charge in [0.1, 0.15) is 0 Å². The van der Waals surface area contributed by atoms with Crippen LogP contribution in [0.4, 0.5) is 0 Å². The van der Waals surface area contributed by atoms with Gasteiger partial charge in [0, 0.05) is 12.7 Å². The highest BCUT2D eigenvalue weighted by Crippen LogP contribution is 2.07. The summed E-state index contributed by atoms with van der Waals surface area (Å²) in [7, 11) is 0. The zero-order valence-corrected chi connectivity index (χ0v) is 6.20. The highest BCUT2D eigenvalue weighted by molar-refractivity contribution is 5.70. The average molecular weight is 165 g/mol. The van der Waals surface area contributed by atoms with Crippen LogP contribution < -0.4 is 11.3 Å². The number of aromatic amines is 1. The first kappa shape index (κ1) is 7.05. The molecule has 0 radical (unpaired) electrons. The number of nitrogens with two attached hydrogens (primary N) is 1. The largest absolute Gasteiger partial charge is 0.377 e. The Hall–Kier alpha value is -1.62. The predicted octanol–water partition coefficient (Wildman–Crippen LogP) is -0.0252. The lowest BCUT2D eigenvalue weighted by molar-refractivity contribution is 0.449. The number of hydrogen-bond acceptors (Lipinski definition) is 4. The van der Waals surface area contributed by atoms with Crippen molar-refractivity contribution in [2.45, 2.75) is 6.54 Å². The molecular weight excluding hydrogens is 158 g/mol. The van der Waals surface area contributed by atoms with E-state index in [0.717, 1.165) is 5.56 Å². The Labute approximate surface area is 67.2 Å². The zero-order chi connectivity index (χ0) is 8.55. The Bertz CT molecular complexity index is 457. The first-order chi connectivity index (χ1) is 5.81. The molecule has 3 N–H and O–H groups in total. The number of rotatable bonds is 1. The number of aromatic nitrogens is 2. The van der Waals surface area contributed by atoms with Crippen molar-refractivity contribution in [1.82, 2.24) is 10.1 Å². The van der Waals surface area contributed by atoms with E-state index in [1.807, 2.05) is 0 Å². The smallest absolute Gasteiger partial charge is 0.306 e. The van der Waals surface area contributed by atoms with Crippen molar-refractivity contribution >= 4 is 11.1 Å². The molecule has 2 aromatic rings. The quantitative estimate of drug-likeness (QED) is 0.621. The molecule has 0 fully saturated rings. The van der Waals surface area contributed by atoms with Gasteiger partial charge in [0.2, 0.25) is 0 Å². The summed E-state index contributed by atoms with van der Waals surface area (Å²) in [5.74, 6) is 0. The van der Waals surface area contributed by atoms with Gasteiger partial charge < -0.3 is 10.3 Å². The third-order valence-electron chi connectivity index (χ3n) is 1.61. The maximum Gasteiger partial charge on any atom is 0.306 e. The summed E-state index contributed by atoms with van der Waals surface area (Å²) in [6.07, 6.45) is 1.56. The van der Waals surface area contributed by atoms with Crippen LogP contribution in [-0.4, -0.2) is 10.1 Å². The van der Waals surface area contributed by atoms with E-state index in [4.69, 9.17) is 10.3 Å². The fourth-order valence-electron chi connectivity index (χ4n) is 0.995. The number of fused-ring (bicyclic) bond motifs is 1. The van der Waals surface area contributed by atoms with Gasteiger partial charge in [0.05, 0.1) is 0 Å². The summed E-state index contributed by atoms with van der Waals surface area (Å²) in [5.41, 5.74) is 6.66. The van der Waals surface area contributed by atoms with Crippen molar-refractivity contribution in [3.05, 3.63) is 28.2 Å². The number of nitrogens with one attached hydrogen (secondary N) is 1. The SMILES string of the molecule is NCc1cnc2c(=O)[nH]oc2c1. The molecule has 0 spiro atoms.